The van der Waals surface area contributed by atoms with Crippen LogP contribution in [0.15, 0.2) is 78.9 Å². The fourth-order valence-corrected chi connectivity index (χ4v) is 7.04. The summed E-state index contributed by atoms with van der Waals surface area (Å²) in [7, 11) is 0. The maximum absolute atomic E-state index is 14.6. The molecular formula is C35H28F2N4O2. The van der Waals surface area contributed by atoms with Crippen molar-refractivity contribution in [2.75, 3.05) is 31.2 Å². The van der Waals surface area contributed by atoms with Gasteiger partial charge in [0.25, 0.3) is 0 Å². The number of anilines is 1. The van der Waals surface area contributed by atoms with Crippen molar-refractivity contribution >= 4 is 22.5 Å². The molecule has 4 aromatic carbocycles. The molecule has 5 aromatic rings. The molecule has 0 amide bonds. The van der Waals surface area contributed by atoms with Crippen molar-refractivity contribution in [1.82, 2.24) is 15.0 Å². The minimum Gasteiger partial charge on any atom is -0.469 e. The third kappa shape index (κ3) is 3.82. The van der Waals surface area contributed by atoms with E-state index >= 15 is 0 Å². The van der Waals surface area contributed by atoms with E-state index in [-0.39, 0.29) is 11.2 Å². The summed E-state index contributed by atoms with van der Waals surface area (Å²) in [6.45, 7) is 7.35. The number of aromatic nitrogens is 3. The Labute approximate surface area is 247 Å². The molecule has 43 heavy (non-hydrogen) atoms. The first-order valence-corrected chi connectivity index (χ1v) is 14.4. The number of rotatable bonds is 3. The van der Waals surface area contributed by atoms with E-state index in [9.17, 15) is 8.78 Å². The van der Waals surface area contributed by atoms with Gasteiger partial charge in [-0.3, -0.25) is 0 Å². The third-order valence-electron chi connectivity index (χ3n) is 9.03. The molecule has 0 bridgehead atoms. The quantitative estimate of drug-likeness (QED) is 0.236. The number of nitrogens with zero attached hydrogens (tertiary/aromatic N) is 4. The van der Waals surface area contributed by atoms with Gasteiger partial charge in [0.1, 0.15) is 5.75 Å². The van der Waals surface area contributed by atoms with Crippen molar-refractivity contribution < 1.29 is 18.3 Å². The number of fused-ring (bicyclic) bond motifs is 8. The lowest BCUT2D eigenvalue weighted by atomic mass is 9.77. The van der Waals surface area contributed by atoms with Gasteiger partial charge < -0.3 is 14.4 Å². The van der Waals surface area contributed by atoms with E-state index in [1.807, 2.05) is 54.6 Å². The van der Waals surface area contributed by atoms with Gasteiger partial charge in [-0.25, -0.2) is 0 Å². The van der Waals surface area contributed by atoms with Crippen LogP contribution in [-0.2, 0) is 15.8 Å². The Morgan fingerprint density at radius 1 is 0.791 bits per heavy atom. The molecule has 1 fully saturated rings. The number of benzene rings is 4. The van der Waals surface area contributed by atoms with Gasteiger partial charge in [-0.1, -0.05) is 80.6 Å². The van der Waals surface area contributed by atoms with E-state index in [0.29, 0.717) is 24.5 Å². The fourth-order valence-electron chi connectivity index (χ4n) is 7.04. The van der Waals surface area contributed by atoms with Crippen LogP contribution in [0.3, 0.4) is 0 Å². The second kappa shape index (κ2) is 9.41. The van der Waals surface area contributed by atoms with Crippen molar-refractivity contribution in [3.05, 3.63) is 119 Å². The first-order valence-electron chi connectivity index (χ1n) is 14.4. The summed E-state index contributed by atoms with van der Waals surface area (Å²) >= 11 is 0. The summed E-state index contributed by atoms with van der Waals surface area (Å²) < 4.78 is 41.6. The van der Waals surface area contributed by atoms with Crippen LogP contribution >= 0.6 is 0 Å². The SMILES string of the molecule is CC1(C)c2ccccc2-c2c1c1c(c3ccccc23)OC(c2ccc(N3CCOCC3)cc2)(c2nc(F)nc(F)n2)C=C1. The standard InChI is InChI=1S/C35H28F2N4O2/c1-34(2)27-10-6-5-9-25(27)28-23-7-3-4-8-24(23)30-26(29(28)34)15-16-35(43-30,31-38-32(36)40-33(37)39-31)21-11-13-22(14-12-21)41-17-19-42-20-18-41/h3-16H,17-20H2,1-2H3. The van der Waals surface area contributed by atoms with Gasteiger partial charge in [-0.2, -0.15) is 23.7 Å². The zero-order valence-corrected chi connectivity index (χ0v) is 23.8. The summed E-state index contributed by atoms with van der Waals surface area (Å²) in [6.07, 6.45) is 1.42. The summed E-state index contributed by atoms with van der Waals surface area (Å²) in [6, 6.07) is 24.4. The van der Waals surface area contributed by atoms with E-state index in [1.165, 1.54) is 16.7 Å². The van der Waals surface area contributed by atoms with Crippen molar-refractivity contribution in [3.63, 3.8) is 0 Å². The molecule has 6 nitrogen and oxygen atoms in total. The van der Waals surface area contributed by atoms with Crippen molar-refractivity contribution in [2.24, 2.45) is 0 Å². The van der Waals surface area contributed by atoms with Gasteiger partial charge in [0, 0.05) is 40.7 Å². The fraction of sp³-hybridized carbons (Fsp3) is 0.229. The number of hydrogen-bond acceptors (Lipinski definition) is 6. The van der Waals surface area contributed by atoms with Crippen molar-refractivity contribution in [2.45, 2.75) is 24.9 Å². The Hall–Kier alpha value is -4.69. The molecule has 1 saturated heterocycles. The van der Waals surface area contributed by atoms with Gasteiger partial charge in [0.2, 0.25) is 5.60 Å². The minimum atomic E-state index is -1.51. The third-order valence-corrected chi connectivity index (χ3v) is 9.03. The highest BCUT2D eigenvalue weighted by Gasteiger charge is 2.46. The smallest absolute Gasteiger partial charge is 0.314 e. The molecule has 0 saturated carbocycles. The molecule has 0 radical (unpaired) electrons. The monoisotopic (exact) mass is 574 g/mol. The van der Waals surface area contributed by atoms with Crippen LogP contribution in [0.5, 0.6) is 5.75 Å². The first-order chi connectivity index (χ1) is 20.9. The molecule has 2 aliphatic heterocycles. The summed E-state index contributed by atoms with van der Waals surface area (Å²) in [5.41, 5.74) is 5.58. The van der Waals surface area contributed by atoms with Crippen molar-refractivity contribution in [3.8, 4) is 16.9 Å². The molecule has 8 heteroatoms. The molecule has 1 unspecified atom stereocenters. The second-order valence-electron chi connectivity index (χ2n) is 11.7. The van der Waals surface area contributed by atoms with E-state index < -0.39 is 17.8 Å². The van der Waals surface area contributed by atoms with Crippen LogP contribution in [0.1, 0.15) is 41.9 Å². The van der Waals surface area contributed by atoms with Gasteiger partial charge in [0.05, 0.1) is 13.2 Å². The predicted octanol–water partition coefficient (Wildman–Crippen LogP) is 6.80. The largest absolute Gasteiger partial charge is 0.469 e. The van der Waals surface area contributed by atoms with E-state index in [4.69, 9.17) is 9.47 Å². The van der Waals surface area contributed by atoms with Crippen LogP contribution < -0.4 is 9.64 Å². The lowest BCUT2D eigenvalue weighted by Gasteiger charge is -2.37. The van der Waals surface area contributed by atoms with Crippen LogP contribution in [0, 0.1) is 12.2 Å². The molecule has 0 spiro atoms. The average Bonchev–Trinajstić information content (AvgIpc) is 3.28. The van der Waals surface area contributed by atoms with Gasteiger partial charge >= 0.3 is 12.2 Å². The topological polar surface area (TPSA) is 60.4 Å². The Morgan fingerprint density at radius 3 is 2.21 bits per heavy atom. The number of halogens is 2. The molecule has 1 atom stereocenters. The lowest BCUT2D eigenvalue weighted by molar-refractivity contribution is 0.122. The Morgan fingerprint density at radius 2 is 1.47 bits per heavy atom. The second-order valence-corrected chi connectivity index (χ2v) is 11.7. The molecule has 214 valence electrons. The van der Waals surface area contributed by atoms with Gasteiger partial charge in [-0.05, 0) is 45.8 Å². The van der Waals surface area contributed by atoms with E-state index in [0.717, 1.165) is 40.7 Å². The predicted molar refractivity (Wildman–Crippen MR) is 161 cm³/mol. The normalized spacial score (nSPS) is 20.0. The highest BCUT2D eigenvalue weighted by atomic mass is 19.1. The number of hydrogen-bond donors (Lipinski definition) is 0. The number of morpholine rings is 1. The maximum atomic E-state index is 14.6. The van der Waals surface area contributed by atoms with E-state index in [2.05, 4.69) is 64.0 Å². The molecule has 0 N–H and O–H groups in total. The van der Waals surface area contributed by atoms with Crippen LogP contribution in [0.25, 0.3) is 28.0 Å². The van der Waals surface area contributed by atoms with E-state index in [1.54, 1.807) is 0 Å². The van der Waals surface area contributed by atoms with Crippen molar-refractivity contribution in [1.29, 1.82) is 0 Å². The molecular weight excluding hydrogens is 546 g/mol. The highest BCUT2D eigenvalue weighted by molar-refractivity contribution is 6.08. The van der Waals surface area contributed by atoms with Gasteiger partial charge in [0.15, 0.2) is 5.82 Å². The van der Waals surface area contributed by atoms with Crippen LogP contribution in [0.2, 0.25) is 0 Å². The Balaban J connectivity index is 1.37. The minimum absolute atomic E-state index is 0.161. The molecule has 3 heterocycles. The lowest BCUT2D eigenvalue weighted by Crippen LogP contribution is -2.38. The van der Waals surface area contributed by atoms with Crippen LogP contribution in [0.4, 0.5) is 14.5 Å². The summed E-state index contributed by atoms with van der Waals surface area (Å²) in [5.74, 6) is 0.460. The average molecular weight is 575 g/mol. The number of ether oxygens (including phenoxy) is 2. The summed E-state index contributed by atoms with van der Waals surface area (Å²) in [4.78, 5) is 13.3. The summed E-state index contributed by atoms with van der Waals surface area (Å²) in [5, 5.41) is 1.95. The zero-order valence-electron chi connectivity index (χ0n) is 23.8. The Bertz CT molecular complexity index is 1930. The first kappa shape index (κ1) is 26.0. The van der Waals surface area contributed by atoms with Crippen LogP contribution in [-0.4, -0.2) is 41.3 Å². The molecule has 1 aromatic heterocycles. The highest BCUT2D eigenvalue weighted by Crippen LogP contribution is 2.57. The molecule has 3 aliphatic rings. The maximum Gasteiger partial charge on any atom is 0.314 e. The van der Waals surface area contributed by atoms with Gasteiger partial charge in [-0.15, -0.1) is 0 Å². The molecule has 8 rings (SSSR count). The molecule has 1 aliphatic carbocycles. The zero-order chi connectivity index (χ0) is 29.3. The Kier molecular flexibility index (Phi) is 5.68.